The number of rotatable bonds is 8. The molecule has 0 bridgehead atoms. The van der Waals surface area contributed by atoms with Crippen LogP contribution in [0.4, 0.5) is 0 Å². The molecule has 20 heavy (non-hydrogen) atoms. The van der Waals surface area contributed by atoms with E-state index < -0.39 is 0 Å². The lowest BCUT2D eigenvalue weighted by atomic mass is 10.3. The van der Waals surface area contributed by atoms with Gasteiger partial charge in [-0.15, -0.1) is 0 Å². The van der Waals surface area contributed by atoms with Crippen molar-refractivity contribution in [2.75, 3.05) is 13.1 Å². The smallest absolute Gasteiger partial charge is 0.223 e. The van der Waals surface area contributed by atoms with Crippen LogP contribution in [-0.4, -0.2) is 28.8 Å². The lowest BCUT2D eigenvalue weighted by Gasteiger charge is -2.08. The molecule has 5 nitrogen and oxygen atoms in total. The molecule has 0 saturated heterocycles. The number of halogens is 1. The summed E-state index contributed by atoms with van der Waals surface area (Å²) >= 11 is 3.63. The number of aryl methyl sites for hydroxylation is 2. The van der Waals surface area contributed by atoms with Crippen LogP contribution in [0.25, 0.3) is 0 Å². The number of carbonyl (C=O) groups excluding carboxylic acids is 1. The standard InChI is InChI=1S/C14H23BrN4O/c1-3-11-13(15)12(19(4-2)18-11)9-16-7-8-17-14(20)10-5-6-10/h10,16H,3-9H2,1-2H3,(H,17,20). The van der Waals surface area contributed by atoms with Crippen LogP contribution in [0, 0.1) is 5.92 Å². The Labute approximate surface area is 128 Å². The normalized spacial score (nSPS) is 14.6. The first-order chi connectivity index (χ1) is 9.67. The highest BCUT2D eigenvalue weighted by atomic mass is 79.9. The first-order valence-corrected chi connectivity index (χ1v) is 8.19. The SMILES string of the molecule is CCc1nn(CC)c(CNCCNC(=O)C2CC2)c1Br. The predicted octanol–water partition coefficient (Wildman–Crippen LogP) is 1.84. The summed E-state index contributed by atoms with van der Waals surface area (Å²) in [5.74, 6) is 0.498. The van der Waals surface area contributed by atoms with Crippen LogP contribution in [-0.2, 0) is 24.3 Å². The Morgan fingerprint density at radius 3 is 2.75 bits per heavy atom. The molecule has 0 atom stereocenters. The molecule has 1 aromatic rings. The summed E-state index contributed by atoms with van der Waals surface area (Å²) in [6.45, 7) is 7.31. The molecule has 1 fully saturated rings. The zero-order valence-corrected chi connectivity index (χ0v) is 13.8. The van der Waals surface area contributed by atoms with E-state index in [0.717, 1.165) is 49.1 Å². The lowest BCUT2D eigenvalue weighted by molar-refractivity contribution is -0.122. The molecule has 1 saturated carbocycles. The van der Waals surface area contributed by atoms with Crippen molar-refractivity contribution >= 4 is 21.8 Å². The summed E-state index contributed by atoms with van der Waals surface area (Å²) in [5, 5.41) is 10.9. The average Bonchev–Trinajstić information content (AvgIpc) is 3.25. The minimum atomic E-state index is 0.208. The summed E-state index contributed by atoms with van der Waals surface area (Å²) in [6, 6.07) is 0. The van der Waals surface area contributed by atoms with Crippen molar-refractivity contribution in [1.82, 2.24) is 20.4 Å². The number of amides is 1. The second-order valence-corrected chi connectivity index (χ2v) is 5.91. The van der Waals surface area contributed by atoms with Gasteiger partial charge in [0.2, 0.25) is 5.91 Å². The number of carbonyl (C=O) groups is 1. The van der Waals surface area contributed by atoms with Crippen molar-refractivity contribution in [1.29, 1.82) is 0 Å². The minimum Gasteiger partial charge on any atom is -0.355 e. The summed E-state index contributed by atoms with van der Waals surface area (Å²) < 4.78 is 3.13. The van der Waals surface area contributed by atoms with Crippen LogP contribution < -0.4 is 10.6 Å². The molecule has 2 N–H and O–H groups in total. The topological polar surface area (TPSA) is 59.0 Å². The van der Waals surface area contributed by atoms with Gasteiger partial charge in [-0.2, -0.15) is 5.10 Å². The van der Waals surface area contributed by atoms with Crippen LogP contribution in [0.3, 0.4) is 0 Å². The second kappa shape index (κ2) is 7.22. The Bertz CT molecular complexity index is 468. The molecule has 1 heterocycles. The monoisotopic (exact) mass is 342 g/mol. The van der Waals surface area contributed by atoms with Crippen LogP contribution in [0.1, 0.15) is 38.1 Å². The molecule has 6 heteroatoms. The maximum Gasteiger partial charge on any atom is 0.223 e. The largest absolute Gasteiger partial charge is 0.355 e. The van der Waals surface area contributed by atoms with Gasteiger partial charge in [-0.3, -0.25) is 9.48 Å². The highest BCUT2D eigenvalue weighted by Gasteiger charge is 2.28. The number of aromatic nitrogens is 2. The zero-order chi connectivity index (χ0) is 14.5. The summed E-state index contributed by atoms with van der Waals surface area (Å²) in [7, 11) is 0. The third kappa shape index (κ3) is 3.82. The summed E-state index contributed by atoms with van der Waals surface area (Å²) in [5.41, 5.74) is 2.28. The van der Waals surface area contributed by atoms with E-state index in [2.05, 4.69) is 45.5 Å². The van der Waals surface area contributed by atoms with E-state index in [9.17, 15) is 4.79 Å². The Kier molecular flexibility index (Phi) is 5.60. The Hall–Kier alpha value is -0.880. The van der Waals surface area contributed by atoms with Crippen molar-refractivity contribution < 1.29 is 4.79 Å². The maximum atomic E-state index is 11.5. The summed E-state index contributed by atoms with van der Waals surface area (Å²) in [6.07, 6.45) is 3.04. The molecule has 0 aliphatic heterocycles. The molecule has 1 aromatic heterocycles. The first-order valence-electron chi connectivity index (χ1n) is 7.39. The molecule has 0 spiro atoms. The van der Waals surface area contributed by atoms with E-state index >= 15 is 0 Å². The van der Waals surface area contributed by atoms with Crippen molar-refractivity contribution in [2.45, 2.75) is 46.2 Å². The molecule has 112 valence electrons. The number of nitrogens with zero attached hydrogens (tertiary/aromatic N) is 2. The third-order valence-corrected chi connectivity index (χ3v) is 4.45. The molecule has 0 aromatic carbocycles. The zero-order valence-electron chi connectivity index (χ0n) is 12.2. The van der Waals surface area contributed by atoms with Crippen molar-refractivity contribution in [2.24, 2.45) is 5.92 Å². The fourth-order valence-corrected chi connectivity index (χ4v) is 2.86. The molecular weight excluding hydrogens is 320 g/mol. The molecular formula is C14H23BrN4O. The van der Waals surface area contributed by atoms with Gasteiger partial charge in [-0.1, -0.05) is 6.92 Å². The van der Waals surface area contributed by atoms with Crippen molar-refractivity contribution in [3.63, 3.8) is 0 Å². The van der Waals surface area contributed by atoms with Crippen molar-refractivity contribution in [3.05, 3.63) is 15.9 Å². The van der Waals surface area contributed by atoms with E-state index in [1.54, 1.807) is 0 Å². The quantitative estimate of drug-likeness (QED) is 0.708. The first kappa shape index (κ1) is 15.5. The van der Waals surface area contributed by atoms with E-state index in [1.807, 2.05) is 4.68 Å². The molecule has 1 aliphatic rings. The van der Waals surface area contributed by atoms with Crippen LogP contribution in [0.2, 0.25) is 0 Å². The summed E-state index contributed by atoms with van der Waals surface area (Å²) in [4.78, 5) is 11.5. The molecule has 0 radical (unpaired) electrons. The fourth-order valence-electron chi connectivity index (χ4n) is 2.16. The van der Waals surface area contributed by atoms with Gasteiger partial charge in [0, 0.05) is 32.1 Å². The van der Waals surface area contributed by atoms with Crippen LogP contribution in [0.5, 0.6) is 0 Å². The van der Waals surface area contributed by atoms with Gasteiger partial charge in [0.1, 0.15) is 0 Å². The van der Waals surface area contributed by atoms with Gasteiger partial charge in [-0.25, -0.2) is 0 Å². The number of hydrogen-bond donors (Lipinski definition) is 2. The van der Waals surface area contributed by atoms with E-state index in [4.69, 9.17) is 0 Å². The van der Waals surface area contributed by atoms with Gasteiger partial charge in [0.25, 0.3) is 0 Å². The van der Waals surface area contributed by atoms with Gasteiger partial charge in [0.05, 0.1) is 15.9 Å². The van der Waals surface area contributed by atoms with Gasteiger partial charge < -0.3 is 10.6 Å². The highest BCUT2D eigenvalue weighted by molar-refractivity contribution is 9.10. The Balaban J connectivity index is 1.75. The van der Waals surface area contributed by atoms with Crippen LogP contribution in [0.15, 0.2) is 4.47 Å². The lowest BCUT2D eigenvalue weighted by Crippen LogP contribution is -2.32. The Morgan fingerprint density at radius 1 is 1.40 bits per heavy atom. The van der Waals surface area contributed by atoms with Crippen molar-refractivity contribution in [3.8, 4) is 0 Å². The third-order valence-electron chi connectivity index (χ3n) is 3.54. The molecule has 1 amide bonds. The predicted molar refractivity (Wildman–Crippen MR) is 82.4 cm³/mol. The molecule has 0 unspecified atom stereocenters. The highest BCUT2D eigenvalue weighted by Crippen LogP contribution is 2.28. The fraction of sp³-hybridized carbons (Fsp3) is 0.714. The number of nitrogens with one attached hydrogen (secondary N) is 2. The van der Waals surface area contributed by atoms with E-state index in [-0.39, 0.29) is 11.8 Å². The van der Waals surface area contributed by atoms with E-state index in [1.165, 1.54) is 5.69 Å². The minimum absolute atomic E-state index is 0.208. The molecule has 1 aliphatic carbocycles. The number of hydrogen-bond acceptors (Lipinski definition) is 3. The molecule has 2 rings (SSSR count). The Morgan fingerprint density at radius 2 is 2.15 bits per heavy atom. The second-order valence-electron chi connectivity index (χ2n) is 5.12. The van der Waals surface area contributed by atoms with Crippen LogP contribution >= 0.6 is 15.9 Å². The van der Waals surface area contributed by atoms with Gasteiger partial charge in [0.15, 0.2) is 0 Å². The van der Waals surface area contributed by atoms with Gasteiger partial charge >= 0.3 is 0 Å². The van der Waals surface area contributed by atoms with E-state index in [0.29, 0.717) is 6.54 Å². The van der Waals surface area contributed by atoms with Gasteiger partial charge in [-0.05, 0) is 42.1 Å². The average molecular weight is 343 g/mol. The maximum absolute atomic E-state index is 11.5.